The van der Waals surface area contributed by atoms with Crippen LogP contribution in [0.2, 0.25) is 10.3 Å². The van der Waals surface area contributed by atoms with Crippen molar-refractivity contribution in [3.8, 4) is 0 Å². The van der Waals surface area contributed by atoms with E-state index in [1.807, 2.05) is 12.1 Å². The Morgan fingerprint density at radius 1 is 1.05 bits per heavy atom. The fourth-order valence-corrected chi connectivity index (χ4v) is 8.63. The molecule has 3 atom stereocenters. The number of carbonyl (C=O) groups excluding carboxylic acids is 2. The van der Waals surface area contributed by atoms with Crippen LogP contribution >= 0.6 is 23.2 Å². The Balaban J connectivity index is 1.29. The number of nitrogens with zero attached hydrogens (tertiary/aromatic N) is 4. The average Bonchev–Trinajstić information content (AvgIpc) is 3.68. The van der Waals surface area contributed by atoms with Gasteiger partial charge in [0.05, 0.1) is 6.04 Å². The molecule has 7 rings (SSSR count). The number of hydrogen-bond acceptors (Lipinski definition) is 8. The van der Waals surface area contributed by atoms with Crippen molar-refractivity contribution in [2.24, 2.45) is 5.41 Å². The third-order valence-corrected chi connectivity index (χ3v) is 10.9. The molecular formula is C31H35Cl2N7O3. The van der Waals surface area contributed by atoms with Gasteiger partial charge < -0.3 is 15.1 Å². The molecule has 3 aromatic rings. The Labute approximate surface area is 260 Å². The molecule has 0 bridgehead atoms. The zero-order valence-corrected chi connectivity index (χ0v) is 25.7. The van der Waals surface area contributed by atoms with Crippen molar-refractivity contribution in [3.63, 3.8) is 0 Å². The number of rotatable bonds is 4. The van der Waals surface area contributed by atoms with Gasteiger partial charge in [-0.3, -0.25) is 14.9 Å². The van der Waals surface area contributed by atoms with Crippen LogP contribution in [0.25, 0.3) is 0 Å². The first-order valence-electron chi connectivity index (χ1n) is 15.1. The zero-order valence-electron chi connectivity index (χ0n) is 24.2. The maximum absolute atomic E-state index is 14.5. The van der Waals surface area contributed by atoms with Gasteiger partial charge in [0, 0.05) is 35.2 Å². The second-order valence-electron chi connectivity index (χ2n) is 13.4. The number of amides is 2. The van der Waals surface area contributed by atoms with Gasteiger partial charge in [-0.1, -0.05) is 43.1 Å². The highest BCUT2D eigenvalue weighted by atomic mass is 35.5. The summed E-state index contributed by atoms with van der Waals surface area (Å²) in [5.74, 6) is 0.450. The van der Waals surface area contributed by atoms with Gasteiger partial charge in [-0.25, -0.2) is 9.97 Å². The van der Waals surface area contributed by atoms with E-state index >= 15 is 0 Å². The Kier molecular flexibility index (Phi) is 7.02. The Morgan fingerprint density at radius 2 is 1.81 bits per heavy atom. The fourth-order valence-electron chi connectivity index (χ4n) is 8.30. The van der Waals surface area contributed by atoms with E-state index in [1.54, 1.807) is 18.3 Å². The summed E-state index contributed by atoms with van der Waals surface area (Å²) in [4.78, 5) is 37.7. The van der Waals surface area contributed by atoms with Crippen molar-refractivity contribution >= 4 is 40.8 Å². The lowest BCUT2D eigenvalue weighted by atomic mass is 9.53. The van der Waals surface area contributed by atoms with Crippen LogP contribution in [0.1, 0.15) is 94.1 Å². The predicted molar refractivity (Wildman–Crippen MR) is 161 cm³/mol. The normalized spacial score (nSPS) is 30.7. The minimum absolute atomic E-state index is 0.00176. The lowest BCUT2D eigenvalue weighted by Gasteiger charge is -2.50. The number of pyridine rings is 2. The van der Waals surface area contributed by atoms with Crippen LogP contribution in [-0.2, 0) is 15.0 Å². The highest BCUT2D eigenvalue weighted by Crippen LogP contribution is 2.63. The van der Waals surface area contributed by atoms with Crippen molar-refractivity contribution in [3.05, 3.63) is 64.2 Å². The standard InChI is InChI=1S/C31H35Cl2N7O3/c1-29(2)10-12-30(13-11-29)31(20-7-8-21(32)37-25(20)38-28(31)42)23(18-9-14-34-22(33)15-18)24(39-30)26(41)36-19-5-3-17(4-6-19)27-40-35-16-43-27/h7-9,14-17,19,23-24,39H,3-6,10-13H2,1-2H3,(H,36,41)(H,37,38,42)/t17?,19?,23-,24+,31+/m0/s1. The number of anilines is 1. The molecule has 0 radical (unpaired) electrons. The highest BCUT2D eigenvalue weighted by Gasteiger charge is 2.73. The summed E-state index contributed by atoms with van der Waals surface area (Å²) in [7, 11) is 0. The summed E-state index contributed by atoms with van der Waals surface area (Å²) in [6.07, 6.45) is 9.56. The topological polar surface area (TPSA) is 135 Å². The number of carbonyl (C=O) groups is 2. The van der Waals surface area contributed by atoms with Crippen LogP contribution in [0.15, 0.2) is 41.3 Å². The van der Waals surface area contributed by atoms with Crippen LogP contribution < -0.4 is 16.0 Å². The number of aromatic nitrogens is 4. The Hall–Kier alpha value is -3.08. The van der Waals surface area contributed by atoms with E-state index in [9.17, 15) is 9.59 Å². The van der Waals surface area contributed by atoms with Crippen LogP contribution in [0, 0.1) is 5.41 Å². The third-order valence-electron chi connectivity index (χ3n) is 10.5. The predicted octanol–water partition coefficient (Wildman–Crippen LogP) is 5.29. The molecule has 0 aromatic carbocycles. The summed E-state index contributed by atoms with van der Waals surface area (Å²) in [5, 5.41) is 18.8. The molecule has 2 amide bonds. The maximum Gasteiger partial charge on any atom is 0.238 e. The molecule has 3 N–H and O–H groups in total. The van der Waals surface area contributed by atoms with E-state index in [1.165, 1.54) is 6.39 Å². The first-order chi connectivity index (χ1) is 20.6. The second kappa shape index (κ2) is 10.5. The number of nitrogens with one attached hydrogen (secondary N) is 3. The van der Waals surface area contributed by atoms with Gasteiger partial charge >= 0.3 is 0 Å². The first kappa shape index (κ1) is 28.7. The lowest BCUT2D eigenvalue weighted by molar-refractivity contribution is -0.125. The molecule has 3 fully saturated rings. The van der Waals surface area contributed by atoms with Crippen LogP contribution in [-0.4, -0.2) is 49.6 Å². The molecule has 0 unspecified atom stereocenters. The summed E-state index contributed by atoms with van der Waals surface area (Å²) < 4.78 is 5.43. The number of halogens is 2. The molecule has 43 heavy (non-hydrogen) atoms. The molecule has 2 aliphatic heterocycles. The maximum atomic E-state index is 14.5. The minimum Gasteiger partial charge on any atom is -0.428 e. The SMILES string of the molecule is CC1(C)CCC2(CC1)N[C@@H](C(=O)NC1CCC(c3nnco3)CC1)[C@H](c1ccnc(Cl)c1)[C@]21C(=O)Nc2nc(Cl)ccc21. The van der Waals surface area contributed by atoms with Crippen LogP contribution in [0.4, 0.5) is 5.82 Å². The van der Waals surface area contributed by atoms with Gasteiger partial charge in [0.15, 0.2) is 0 Å². The number of fused-ring (bicyclic) bond motifs is 3. The van der Waals surface area contributed by atoms with E-state index in [-0.39, 0.29) is 29.2 Å². The molecule has 2 saturated carbocycles. The minimum atomic E-state index is -1.11. The summed E-state index contributed by atoms with van der Waals surface area (Å²) in [6, 6.07) is 6.59. The van der Waals surface area contributed by atoms with E-state index in [2.05, 4.69) is 50.0 Å². The molecule has 2 aliphatic carbocycles. The molecule has 2 spiro atoms. The molecule has 3 aromatic heterocycles. The molecule has 10 nitrogen and oxygen atoms in total. The smallest absolute Gasteiger partial charge is 0.238 e. The first-order valence-corrected chi connectivity index (χ1v) is 15.8. The van der Waals surface area contributed by atoms with Crippen LogP contribution in [0.5, 0.6) is 0 Å². The molecule has 5 heterocycles. The third kappa shape index (κ3) is 4.64. The molecular weight excluding hydrogens is 589 g/mol. The van der Waals surface area contributed by atoms with Gasteiger partial charge in [-0.2, -0.15) is 0 Å². The Morgan fingerprint density at radius 3 is 2.51 bits per heavy atom. The van der Waals surface area contributed by atoms with Gasteiger partial charge in [-0.05, 0) is 80.5 Å². The summed E-state index contributed by atoms with van der Waals surface area (Å²) in [6.45, 7) is 4.53. The fraction of sp³-hybridized carbons (Fsp3) is 0.548. The van der Waals surface area contributed by atoms with Crippen LogP contribution in [0.3, 0.4) is 0 Å². The molecule has 4 aliphatic rings. The van der Waals surface area contributed by atoms with E-state index < -0.39 is 22.9 Å². The highest BCUT2D eigenvalue weighted by molar-refractivity contribution is 6.30. The Bertz CT molecular complexity index is 1550. The number of hydrogen-bond donors (Lipinski definition) is 3. The van der Waals surface area contributed by atoms with Crippen molar-refractivity contribution in [2.45, 2.75) is 100 Å². The van der Waals surface area contributed by atoms with E-state index in [0.717, 1.165) is 62.5 Å². The summed E-state index contributed by atoms with van der Waals surface area (Å²) in [5.41, 5.74) is -0.129. The molecule has 12 heteroatoms. The zero-order chi connectivity index (χ0) is 30.0. The average molecular weight is 625 g/mol. The van der Waals surface area contributed by atoms with Crippen molar-refractivity contribution in [1.82, 2.24) is 30.8 Å². The molecule has 1 saturated heterocycles. The summed E-state index contributed by atoms with van der Waals surface area (Å²) >= 11 is 12.8. The lowest BCUT2D eigenvalue weighted by Crippen LogP contribution is -2.61. The van der Waals surface area contributed by atoms with Crippen molar-refractivity contribution in [2.75, 3.05) is 5.32 Å². The molecule has 226 valence electrons. The van der Waals surface area contributed by atoms with Gasteiger partial charge in [0.1, 0.15) is 21.5 Å². The van der Waals surface area contributed by atoms with Gasteiger partial charge in [0.25, 0.3) is 0 Å². The second-order valence-corrected chi connectivity index (χ2v) is 14.2. The van der Waals surface area contributed by atoms with Gasteiger partial charge in [-0.15, -0.1) is 10.2 Å². The van der Waals surface area contributed by atoms with Crippen molar-refractivity contribution < 1.29 is 14.0 Å². The largest absolute Gasteiger partial charge is 0.428 e. The van der Waals surface area contributed by atoms with Gasteiger partial charge in [0.2, 0.25) is 24.1 Å². The van der Waals surface area contributed by atoms with E-state index in [0.29, 0.717) is 22.0 Å². The van der Waals surface area contributed by atoms with E-state index in [4.69, 9.17) is 27.6 Å². The van der Waals surface area contributed by atoms with Crippen molar-refractivity contribution in [1.29, 1.82) is 0 Å². The monoisotopic (exact) mass is 623 g/mol. The quantitative estimate of drug-likeness (QED) is 0.333.